The topological polar surface area (TPSA) is 84.9 Å². The Kier molecular flexibility index (Phi) is 5.63. The number of unbranched alkanes of at least 4 members (excludes halogenated alkanes) is 1. The van der Waals surface area contributed by atoms with Crippen molar-refractivity contribution in [3.8, 4) is 11.5 Å². The molecule has 0 bridgehead atoms. The molecule has 0 spiro atoms. The van der Waals surface area contributed by atoms with E-state index in [0.717, 1.165) is 18.4 Å². The van der Waals surface area contributed by atoms with Gasteiger partial charge in [0.25, 0.3) is 0 Å². The lowest BCUT2D eigenvalue weighted by atomic mass is 10.1. The number of amides is 1. The van der Waals surface area contributed by atoms with Gasteiger partial charge in [-0.3, -0.25) is 4.79 Å². The van der Waals surface area contributed by atoms with Gasteiger partial charge < -0.3 is 19.9 Å². The average Bonchev–Trinajstić information content (AvgIpc) is 2.51. The summed E-state index contributed by atoms with van der Waals surface area (Å²) in [5, 5.41) is 11.7. The highest BCUT2D eigenvalue weighted by Gasteiger charge is 2.20. The second kappa shape index (κ2) is 7.68. The van der Waals surface area contributed by atoms with Crippen molar-refractivity contribution in [2.24, 2.45) is 0 Å². The maximum atomic E-state index is 12.0. The fraction of sp³-hybridized carbons (Fsp3) is 0.500. The monoisotopic (exact) mass is 307 g/mol. The second-order valence-corrected chi connectivity index (χ2v) is 5.26. The lowest BCUT2D eigenvalue weighted by Gasteiger charge is -2.19. The Hall–Kier alpha value is -2.24. The second-order valence-electron chi connectivity index (χ2n) is 5.26. The Morgan fingerprint density at radius 1 is 1.27 bits per heavy atom. The van der Waals surface area contributed by atoms with Crippen molar-refractivity contribution in [3.05, 3.63) is 23.8 Å². The van der Waals surface area contributed by atoms with Gasteiger partial charge >= 0.3 is 5.97 Å². The molecule has 0 saturated heterocycles. The number of nitrogens with one attached hydrogen (secondary N) is 1. The normalized spacial score (nSPS) is 14.2. The smallest absolute Gasteiger partial charge is 0.326 e. The van der Waals surface area contributed by atoms with Crippen LogP contribution >= 0.6 is 0 Å². The van der Waals surface area contributed by atoms with Crippen LogP contribution in [0, 0.1) is 0 Å². The minimum absolute atomic E-state index is 0.118. The Balaban J connectivity index is 1.94. The summed E-state index contributed by atoms with van der Waals surface area (Å²) < 4.78 is 10.9. The minimum Gasteiger partial charge on any atom is -0.486 e. The van der Waals surface area contributed by atoms with E-state index in [9.17, 15) is 9.59 Å². The fourth-order valence-electron chi connectivity index (χ4n) is 2.29. The number of carboxylic acid groups (broad SMARTS) is 1. The average molecular weight is 307 g/mol. The third-order valence-corrected chi connectivity index (χ3v) is 3.45. The van der Waals surface area contributed by atoms with E-state index in [2.05, 4.69) is 5.32 Å². The summed E-state index contributed by atoms with van der Waals surface area (Å²) in [5.74, 6) is -0.0109. The van der Waals surface area contributed by atoms with E-state index < -0.39 is 12.0 Å². The molecule has 22 heavy (non-hydrogen) atoms. The van der Waals surface area contributed by atoms with Gasteiger partial charge in [-0.15, -0.1) is 0 Å². The van der Waals surface area contributed by atoms with Crippen LogP contribution < -0.4 is 14.8 Å². The summed E-state index contributed by atoms with van der Waals surface area (Å²) in [6, 6.07) is 4.48. The van der Waals surface area contributed by atoms with Crippen molar-refractivity contribution in [1.82, 2.24) is 5.32 Å². The third-order valence-electron chi connectivity index (χ3n) is 3.45. The van der Waals surface area contributed by atoms with Crippen molar-refractivity contribution in [1.29, 1.82) is 0 Å². The molecule has 1 aliphatic heterocycles. The van der Waals surface area contributed by atoms with E-state index in [1.807, 2.05) is 6.92 Å². The van der Waals surface area contributed by atoms with E-state index in [-0.39, 0.29) is 12.3 Å². The number of rotatable bonds is 7. The summed E-state index contributed by atoms with van der Waals surface area (Å²) in [5.41, 5.74) is 0.765. The highest BCUT2D eigenvalue weighted by Crippen LogP contribution is 2.30. The Labute approximate surface area is 129 Å². The standard InChI is InChI=1S/C16H21NO5/c1-2-3-4-12(16(19)20)17-15(18)10-11-5-6-13-14(9-11)22-8-7-21-13/h5-6,9,12H,2-4,7-8,10H2,1H3,(H,17,18)(H,19,20). The van der Waals surface area contributed by atoms with Crippen molar-refractivity contribution in [2.45, 2.75) is 38.6 Å². The molecule has 0 aromatic heterocycles. The van der Waals surface area contributed by atoms with E-state index >= 15 is 0 Å². The van der Waals surface area contributed by atoms with Crippen LogP contribution in [0.1, 0.15) is 31.7 Å². The highest BCUT2D eigenvalue weighted by molar-refractivity contribution is 5.84. The van der Waals surface area contributed by atoms with Crippen molar-refractivity contribution in [2.75, 3.05) is 13.2 Å². The number of aliphatic carboxylic acids is 1. The zero-order valence-corrected chi connectivity index (χ0v) is 12.6. The summed E-state index contributed by atoms with van der Waals surface area (Å²) in [4.78, 5) is 23.1. The van der Waals surface area contributed by atoms with Crippen LogP contribution in [-0.2, 0) is 16.0 Å². The van der Waals surface area contributed by atoms with Crippen molar-refractivity contribution >= 4 is 11.9 Å². The maximum absolute atomic E-state index is 12.0. The lowest BCUT2D eigenvalue weighted by Crippen LogP contribution is -2.41. The predicted octanol–water partition coefficient (Wildman–Crippen LogP) is 1.76. The summed E-state index contributed by atoms with van der Waals surface area (Å²) in [7, 11) is 0. The van der Waals surface area contributed by atoms with Gasteiger partial charge in [0.2, 0.25) is 5.91 Å². The molecule has 1 atom stereocenters. The molecule has 2 rings (SSSR count). The highest BCUT2D eigenvalue weighted by atomic mass is 16.6. The van der Waals surface area contributed by atoms with Crippen LogP contribution in [0.25, 0.3) is 0 Å². The molecule has 2 N–H and O–H groups in total. The van der Waals surface area contributed by atoms with Crippen LogP contribution in [0.5, 0.6) is 11.5 Å². The number of fused-ring (bicyclic) bond motifs is 1. The van der Waals surface area contributed by atoms with Crippen LogP contribution in [-0.4, -0.2) is 36.2 Å². The molecule has 1 amide bonds. The molecule has 1 aromatic rings. The van der Waals surface area contributed by atoms with Crippen LogP contribution in [0.15, 0.2) is 18.2 Å². The van der Waals surface area contributed by atoms with Gasteiger partial charge in [0.05, 0.1) is 6.42 Å². The number of benzene rings is 1. The van der Waals surface area contributed by atoms with Gasteiger partial charge in [-0.1, -0.05) is 25.8 Å². The molecule has 1 aromatic carbocycles. The van der Waals surface area contributed by atoms with Gasteiger partial charge in [-0.2, -0.15) is 0 Å². The van der Waals surface area contributed by atoms with Gasteiger partial charge in [0.15, 0.2) is 11.5 Å². The van der Waals surface area contributed by atoms with E-state index in [4.69, 9.17) is 14.6 Å². The minimum atomic E-state index is -0.996. The molecule has 6 heteroatoms. The fourth-order valence-corrected chi connectivity index (χ4v) is 2.29. The van der Waals surface area contributed by atoms with E-state index in [1.165, 1.54) is 0 Å². The lowest BCUT2D eigenvalue weighted by molar-refractivity contribution is -0.142. The molecular formula is C16H21NO5. The molecular weight excluding hydrogens is 286 g/mol. The first kappa shape index (κ1) is 16.1. The zero-order chi connectivity index (χ0) is 15.9. The summed E-state index contributed by atoms with van der Waals surface area (Å²) in [6.45, 7) is 2.99. The first-order valence-electron chi connectivity index (χ1n) is 7.51. The van der Waals surface area contributed by atoms with Crippen LogP contribution in [0.3, 0.4) is 0 Å². The number of hydrogen-bond donors (Lipinski definition) is 2. The maximum Gasteiger partial charge on any atom is 0.326 e. The number of hydrogen-bond acceptors (Lipinski definition) is 4. The molecule has 1 heterocycles. The molecule has 0 aliphatic carbocycles. The number of carboxylic acids is 1. The van der Waals surface area contributed by atoms with Gasteiger partial charge in [-0.25, -0.2) is 4.79 Å². The molecule has 6 nitrogen and oxygen atoms in total. The first-order valence-corrected chi connectivity index (χ1v) is 7.51. The number of carbonyl (C=O) groups excluding carboxylic acids is 1. The van der Waals surface area contributed by atoms with E-state index in [0.29, 0.717) is 31.1 Å². The molecule has 0 fully saturated rings. The first-order chi connectivity index (χ1) is 10.6. The Morgan fingerprint density at radius 3 is 2.68 bits per heavy atom. The molecule has 120 valence electrons. The van der Waals surface area contributed by atoms with Crippen molar-refractivity contribution < 1.29 is 24.2 Å². The largest absolute Gasteiger partial charge is 0.486 e. The third kappa shape index (κ3) is 4.38. The molecule has 0 radical (unpaired) electrons. The van der Waals surface area contributed by atoms with Gasteiger partial charge in [0, 0.05) is 0 Å². The molecule has 1 aliphatic rings. The predicted molar refractivity (Wildman–Crippen MR) is 80.2 cm³/mol. The number of carbonyl (C=O) groups is 2. The summed E-state index contributed by atoms with van der Waals surface area (Å²) in [6.07, 6.45) is 2.22. The van der Waals surface area contributed by atoms with E-state index in [1.54, 1.807) is 18.2 Å². The van der Waals surface area contributed by atoms with Crippen LogP contribution in [0.4, 0.5) is 0 Å². The van der Waals surface area contributed by atoms with Crippen molar-refractivity contribution in [3.63, 3.8) is 0 Å². The number of ether oxygens (including phenoxy) is 2. The van der Waals surface area contributed by atoms with Crippen LogP contribution in [0.2, 0.25) is 0 Å². The Bertz CT molecular complexity index is 543. The quantitative estimate of drug-likeness (QED) is 0.802. The van der Waals surface area contributed by atoms with Gasteiger partial charge in [0.1, 0.15) is 19.3 Å². The molecule has 1 unspecified atom stereocenters. The SMILES string of the molecule is CCCCC(NC(=O)Cc1ccc2c(c1)OCCO2)C(=O)O. The zero-order valence-electron chi connectivity index (χ0n) is 12.6. The summed E-state index contributed by atoms with van der Waals surface area (Å²) >= 11 is 0. The van der Waals surface area contributed by atoms with Gasteiger partial charge in [-0.05, 0) is 24.1 Å². The molecule has 0 saturated carbocycles. The Morgan fingerprint density at radius 2 is 2.00 bits per heavy atom.